The van der Waals surface area contributed by atoms with Crippen molar-refractivity contribution in [1.29, 1.82) is 0 Å². The SMILES string of the molecule is CC(=O)c1ccc(-n2c(=O)c3ccccc3n(CC(=O)N3CCOCC3)c2=O)cc1. The molecule has 1 aliphatic rings. The molecule has 0 N–H and O–H groups in total. The number of benzene rings is 2. The summed E-state index contributed by atoms with van der Waals surface area (Å²) in [6, 6.07) is 13.0. The Bertz CT molecular complexity index is 1230. The largest absolute Gasteiger partial charge is 0.378 e. The minimum absolute atomic E-state index is 0.110. The molecule has 3 aromatic rings. The van der Waals surface area contributed by atoms with Crippen LogP contribution in [0.1, 0.15) is 17.3 Å². The average Bonchev–Trinajstić information content (AvgIpc) is 2.77. The summed E-state index contributed by atoms with van der Waals surface area (Å²) in [6.45, 7) is 3.13. The van der Waals surface area contributed by atoms with Gasteiger partial charge in [-0.25, -0.2) is 9.36 Å². The Balaban J connectivity index is 1.85. The van der Waals surface area contributed by atoms with Gasteiger partial charge in [0.05, 0.1) is 29.8 Å². The van der Waals surface area contributed by atoms with Crippen molar-refractivity contribution >= 4 is 22.6 Å². The summed E-state index contributed by atoms with van der Waals surface area (Å²) in [5, 5.41) is 0.336. The summed E-state index contributed by atoms with van der Waals surface area (Å²) in [5.41, 5.74) is 0.159. The van der Waals surface area contributed by atoms with E-state index in [2.05, 4.69) is 0 Å². The standard InChI is InChI=1S/C22H21N3O5/c1-15(26)16-6-8-17(9-7-16)25-21(28)18-4-2-3-5-19(18)24(22(25)29)14-20(27)23-10-12-30-13-11-23/h2-9H,10-14H2,1H3. The number of ketones is 1. The van der Waals surface area contributed by atoms with Crippen molar-refractivity contribution in [2.45, 2.75) is 13.5 Å². The molecule has 0 bridgehead atoms. The Labute approximate surface area is 171 Å². The number of morpholine rings is 1. The van der Waals surface area contributed by atoms with Crippen LogP contribution in [0.4, 0.5) is 0 Å². The van der Waals surface area contributed by atoms with Gasteiger partial charge < -0.3 is 9.64 Å². The van der Waals surface area contributed by atoms with Gasteiger partial charge in [0.1, 0.15) is 6.54 Å². The number of ether oxygens (including phenoxy) is 1. The molecule has 0 spiro atoms. The number of nitrogens with zero attached hydrogens (tertiary/aromatic N) is 3. The average molecular weight is 407 g/mol. The van der Waals surface area contributed by atoms with Crippen molar-refractivity contribution in [2.24, 2.45) is 0 Å². The van der Waals surface area contributed by atoms with Crippen LogP contribution in [0.25, 0.3) is 16.6 Å². The summed E-state index contributed by atoms with van der Waals surface area (Å²) in [5.74, 6) is -0.316. The minimum Gasteiger partial charge on any atom is -0.378 e. The van der Waals surface area contributed by atoms with E-state index in [-0.39, 0.29) is 18.2 Å². The molecule has 4 rings (SSSR count). The van der Waals surface area contributed by atoms with Crippen LogP contribution in [0.3, 0.4) is 0 Å². The van der Waals surface area contributed by atoms with Crippen LogP contribution in [-0.2, 0) is 16.1 Å². The molecule has 0 saturated carbocycles. The highest BCUT2D eigenvalue weighted by Gasteiger charge is 2.21. The summed E-state index contributed by atoms with van der Waals surface area (Å²) >= 11 is 0. The maximum atomic E-state index is 13.3. The monoisotopic (exact) mass is 407 g/mol. The predicted octanol–water partition coefficient (Wildman–Crippen LogP) is 1.21. The van der Waals surface area contributed by atoms with Crippen LogP contribution in [0, 0.1) is 0 Å². The summed E-state index contributed by atoms with van der Waals surface area (Å²) in [6.07, 6.45) is 0. The zero-order valence-electron chi connectivity index (χ0n) is 16.5. The lowest BCUT2D eigenvalue weighted by Gasteiger charge is -2.27. The smallest absolute Gasteiger partial charge is 0.336 e. The molecule has 0 unspecified atom stereocenters. The van der Waals surface area contributed by atoms with E-state index in [0.717, 1.165) is 4.57 Å². The second kappa shape index (κ2) is 8.08. The Morgan fingerprint density at radius 2 is 1.63 bits per heavy atom. The maximum absolute atomic E-state index is 13.3. The van der Waals surface area contributed by atoms with E-state index >= 15 is 0 Å². The van der Waals surface area contributed by atoms with E-state index in [1.807, 2.05) is 0 Å². The summed E-state index contributed by atoms with van der Waals surface area (Å²) in [4.78, 5) is 52.4. The molecule has 2 aromatic carbocycles. The topological polar surface area (TPSA) is 90.6 Å². The van der Waals surface area contributed by atoms with E-state index in [4.69, 9.17) is 4.74 Å². The number of carbonyl (C=O) groups excluding carboxylic acids is 2. The van der Waals surface area contributed by atoms with Crippen LogP contribution in [-0.4, -0.2) is 52.0 Å². The number of carbonyl (C=O) groups is 2. The first-order valence-electron chi connectivity index (χ1n) is 9.69. The predicted molar refractivity (Wildman–Crippen MR) is 111 cm³/mol. The lowest BCUT2D eigenvalue weighted by molar-refractivity contribution is -0.135. The fourth-order valence-electron chi connectivity index (χ4n) is 3.59. The second-order valence-corrected chi connectivity index (χ2v) is 7.12. The van der Waals surface area contributed by atoms with Crippen molar-refractivity contribution in [3.8, 4) is 5.69 Å². The number of aromatic nitrogens is 2. The number of fused-ring (bicyclic) bond motifs is 1. The van der Waals surface area contributed by atoms with Gasteiger partial charge in [-0.1, -0.05) is 12.1 Å². The van der Waals surface area contributed by atoms with Gasteiger partial charge >= 0.3 is 5.69 Å². The van der Waals surface area contributed by atoms with Gasteiger partial charge in [-0.15, -0.1) is 0 Å². The van der Waals surface area contributed by atoms with Crippen LogP contribution in [0.2, 0.25) is 0 Å². The minimum atomic E-state index is -0.601. The number of Topliss-reactive ketones (excluding diaryl/α,β-unsaturated/α-hetero) is 1. The molecule has 30 heavy (non-hydrogen) atoms. The molecule has 1 fully saturated rings. The molecule has 154 valence electrons. The molecule has 1 aliphatic heterocycles. The number of rotatable bonds is 4. The van der Waals surface area contributed by atoms with Crippen molar-refractivity contribution in [1.82, 2.24) is 14.0 Å². The molecule has 2 heterocycles. The normalized spacial score (nSPS) is 14.1. The molecule has 0 aliphatic carbocycles. The van der Waals surface area contributed by atoms with Gasteiger partial charge in [-0.2, -0.15) is 0 Å². The van der Waals surface area contributed by atoms with Crippen molar-refractivity contribution < 1.29 is 14.3 Å². The van der Waals surface area contributed by atoms with Crippen molar-refractivity contribution in [3.05, 3.63) is 74.9 Å². The van der Waals surface area contributed by atoms with Crippen LogP contribution in [0.15, 0.2) is 58.1 Å². The van der Waals surface area contributed by atoms with Crippen molar-refractivity contribution in [3.63, 3.8) is 0 Å². The first-order valence-corrected chi connectivity index (χ1v) is 9.69. The Morgan fingerprint density at radius 1 is 0.967 bits per heavy atom. The molecule has 1 saturated heterocycles. The zero-order chi connectivity index (χ0) is 21.3. The Morgan fingerprint density at radius 3 is 2.30 bits per heavy atom. The molecule has 8 heteroatoms. The summed E-state index contributed by atoms with van der Waals surface area (Å²) in [7, 11) is 0. The number of hydrogen-bond donors (Lipinski definition) is 0. The molecular formula is C22H21N3O5. The number of amides is 1. The van der Waals surface area contributed by atoms with Crippen molar-refractivity contribution in [2.75, 3.05) is 26.3 Å². The zero-order valence-corrected chi connectivity index (χ0v) is 16.5. The van der Waals surface area contributed by atoms with E-state index in [1.54, 1.807) is 53.4 Å². The summed E-state index contributed by atoms with van der Waals surface area (Å²) < 4.78 is 7.65. The number of para-hydroxylation sites is 1. The van der Waals surface area contributed by atoms with Gasteiger partial charge in [0.2, 0.25) is 5.91 Å². The van der Waals surface area contributed by atoms with Gasteiger partial charge in [0.25, 0.3) is 5.56 Å². The molecule has 0 atom stereocenters. The first kappa shape index (κ1) is 19.8. The van der Waals surface area contributed by atoms with Crippen LogP contribution >= 0.6 is 0 Å². The molecular weight excluding hydrogens is 386 g/mol. The van der Waals surface area contributed by atoms with Crippen LogP contribution in [0.5, 0.6) is 0 Å². The van der Waals surface area contributed by atoms with Gasteiger partial charge in [-0.3, -0.25) is 19.0 Å². The third kappa shape index (κ3) is 3.57. The van der Waals surface area contributed by atoms with E-state index < -0.39 is 11.2 Å². The molecule has 8 nitrogen and oxygen atoms in total. The third-order valence-corrected chi connectivity index (χ3v) is 5.24. The third-order valence-electron chi connectivity index (χ3n) is 5.24. The van der Waals surface area contributed by atoms with E-state index in [9.17, 15) is 19.2 Å². The molecule has 1 amide bonds. The highest BCUT2D eigenvalue weighted by atomic mass is 16.5. The Kier molecular flexibility index (Phi) is 5.33. The highest BCUT2D eigenvalue weighted by Crippen LogP contribution is 2.12. The quantitative estimate of drug-likeness (QED) is 0.607. The second-order valence-electron chi connectivity index (χ2n) is 7.12. The molecule has 1 aromatic heterocycles. The van der Waals surface area contributed by atoms with Gasteiger partial charge in [0, 0.05) is 18.7 Å². The lowest BCUT2D eigenvalue weighted by Crippen LogP contribution is -2.45. The maximum Gasteiger partial charge on any atom is 0.336 e. The first-order chi connectivity index (χ1) is 14.5. The Hall–Kier alpha value is -3.52. The van der Waals surface area contributed by atoms with Crippen LogP contribution < -0.4 is 11.2 Å². The highest BCUT2D eigenvalue weighted by molar-refractivity contribution is 5.94. The van der Waals surface area contributed by atoms with E-state index in [1.165, 1.54) is 11.5 Å². The molecule has 0 radical (unpaired) electrons. The van der Waals surface area contributed by atoms with E-state index in [0.29, 0.717) is 48.5 Å². The lowest BCUT2D eigenvalue weighted by atomic mass is 10.1. The fourth-order valence-corrected chi connectivity index (χ4v) is 3.59. The van der Waals surface area contributed by atoms with Gasteiger partial charge in [-0.05, 0) is 43.3 Å². The van der Waals surface area contributed by atoms with Gasteiger partial charge in [0.15, 0.2) is 5.78 Å². The fraction of sp³-hybridized carbons (Fsp3) is 0.273. The number of hydrogen-bond acceptors (Lipinski definition) is 5.